The van der Waals surface area contributed by atoms with E-state index in [1.54, 1.807) is 24.3 Å². The number of carbonyl (C=O) groups excluding carboxylic acids is 1. The van der Waals surface area contributed by atoms with Crippen molar-refractivity contribution < 1.29 is 4.79 Å². The molecule has 3 rings (SSSR count). The van der Waals surface area contributed by atoms with Gasteiger partial charge in [-0.25, -0.2) is 0 Å². The molecule has 0 aromatic heterocycles. The number of amidine groups is 1. The lowest BCUT2D eigenvalue weighted by molar-refractivity contribution is 0.102. The van der Waals surface area contributed by atoms with E-state index < -0.39 is 0 Å². The highest BCUT2D eigenvalue weighted by Gasteiger charge is 2.14. The maximum absolute atomic E-state index is 12.4. The fourth-order valence-electron chi connectivity index (χ4n) is 2.34. The Labute approximate surface area is 134 Å². The van der Waals surface area contributed by atoms with Crippen LogP contribution in [0.25, 0.3) is 0 Å². The number of halogens is 1. The maximum Gasteiger partial charge on any atom is 0.255 e. The lowest BCUT2D eigenvalue weighted by Crippen LogP contribution is -2.31. The molecule has 0 spiro atoms. The molecule has 0 saturated heterocycles. The molecule has 2 aromatic carbocycles. The number of rotatable bonds is 3. The third kappa shape index (κ3) is 3.28. The summed E-state index contributed by atoms with van der Waals surface area (Å²) in [7, 11) is 0. The van der Waals surface area contributed by atoms with Crippen molar-refractivity contribution in [1.29, 1.82) is 0 Å². The van der Waals surface area contributed by atoms with Crippen LogP contribution in [0.5, 0.6) is 0 Å². The van der Waals surface area contributed by atoms with Crippen molar-refractivity contribution in [3.8, 4) is 0 Å². The molecule has 2 N–H and O–H groups in total. The Hall–Kier alpha value is -2.33. The number of hydrogen-bond acceptors (Lipinski definition) is 3. The minimum absolute atomic E-state index is 0.189. The number of nitrogens with one attached hydrogen (secondary N) is 2. The zero-order valence-electron chi connectivity index (χ0n) is 12.0. The van der Waals surface area contributed by atoms with Crippen LogP contribution in [-0.2, 0) is 0 Å². The van der Waals surface area contributed by atoms with Gasteiger partial charge in [0.15, 0.2) is 0 Å². The predicted octanol–water partition coefficient (Wildman–Crippen LogP) is 3.33. The van der Waals surface area contributed by atoms with Gasteiger partial charge in [-0.05, 0) is 36.8 Å². The van der Waals surface area contributed by atoms with Crippen LogP contribution in [0.3, 0.4) is 0 Å². The van der Waals surface area contributed by atoms with Crippen LogP contribution >= 0.6 is 11.6 Å². The quantitative estimate of drug-likeness (QED) is 0.913. The van der Waals surface area contributed by atoms with E-state index >= 15 is 0 Å². The second kappa shape index (κ2) is 6.62. The Morgan fingerprint density at radius 3 is 2.82 bits per heavy atom. The second-order valence-corrected chi connectivity index (χ2v) is 5.46. The van der Waals surface area contributed by atoms with Crippen molar-refractivity contribution in [2.75, 3.05) is 18.4 Å². The van der Waals surface area contributed by atoms with Crippen LogP contribution in [0.2, 0.25) is 5.02 Å². The van der Waals surface area contributed by atoms with Gasteiger partial charge in [0.2, 0.25) is 0 Å². The van der Waals surface area contributed by atoms with Crippen molar-refractivity contribution in [1.82, 2.24) is 5.32 Å². The first kappa shape index (κ1) is 14.6. The van der Waals surface area contributed by atoms with E-state index in [0.29, 0.717) is 10.6 Å². The maximum atomic E-state index is 12.4. The van der Waals surface area contributed by atoms with Gasteiger partial charge in [-0.15, -0.1) is 0 Å². The Kier molecular flexibility index (Phi) is 4.39. The standard InChI is InChI=1S/C17H16ClN3O/c18-13-6-3-5-12(11-13)17(22)21-15-8-2-1-7-14(15)16-19-9-4-10-20-16/h1-3,5-8,11H,4,9-10H2,(H,19,20)(H,21,22). The summed E-state index contributed by atoms with van der Waals surface area (Å²) in [5.41, 5.74) is 2.17. The van der Waals surface area contributed by atoms with E-state index in [-0.39, 0.29) is 5.91 Å². The average Bonchev–Trinajstić information content (AvgIpc) is 2.56. The van der Waals surface area contributed by atoms with Gasteiger partial charge in [0, 0.05) is 29.2 Å². The number of benzene rings is 2. The number of amides is 1. The molecular formula is C17H16ClN3O. The molecule has 22 heavy (non-hydrogen) atoms. The highest BCUT2D eigenvalue weighted by atomic mass is 35.5. The SMILES string of the molecule is O=C(Nc1ccccc1C1=NCCCN1)c1cccc(Cl)c1. The van der Waals surface area contributed by atoms with Gasteiger partial charge in [-0.3, -0.25) is 9.79 Å². The minimum atomic E-state index is -0.189. The van der Waals surface area contributed by atoms with Crippen molar-refractivity contribution in [3.63, 3.8) is 0 Å². The van der Waals surface area contributed by atoms with E-state index in [0.717, 1.165) is 36.6 Å². The predicted molar refractivity (Wildman–Crippen MR) is 89.9 cm³/mol. The molecule has 1 aliphatic heterocycles. The van der Waals surface area contributed by atoms with Gasteiger partial charge in [-0.2, -0.15) is 0 Å². The van der Waals surface area contributed by atoms with E-state index in [9.17, 15) is 4.79 Å². The van der Waals surface area contributed by atoms with E-state index in [1.807, 2.05) is 24.3 Å². The topological polar surface area (TPSA) is 53.5 Å². The van der Waals surface area contributed by atoms with E-state index in [2.05, 4.69) is 15.6 Å². The number of nitrogens with zero attached hydrogens (tertiary/aromatic N) is 1. The fourth-order valence-corrected chi connectivity index (χ4v) is 2.53. The smallest absolute Gasteiger partial charge is 0.255 e. The van der Waals surface area contributed by atoms with Gasteiger partial charge >= 0.3 is 0 Å². The van der Waals surface area contributed by atoms with Crippen LogP contribution in [-0.4, -0.2) is 24.8 Å². The molecule has 0 bridgehead atoms. The minimum Gasteiger partial charge on any atom is -0.370 e. The lowest BCUT2D eigenvalue weighted by atomic mass is 10.1. The molecule has 0 saturated carbocycles. The number of anilines is 1. The highest BCUT2D eigenvalue weighted by molar-refractivity contribution is 6.31. The molecular weight excluding hydrogens is 298 g/mol. The van der Waals surface area contributed by atoms with Crippen molar-refractivity contribution in [3.05, 3.63) is 64.7 Å². The third-order valence-corrected chi connectivity index (χ3v) is 3.65. The molecule has 0 fully saturated rings. The van der Waals surface area contributed by atoms with Gasteiger partial charge in [0.05, 0.1) is 5.69 Å². The molecule has 0 radical (unpaired) electrons. The summed E-state index contributed by atoms with van der Waals surface area (Å²) in [5.74, 6) is 0.639. The van der Waals surface area contributed by atoms with E-state index in [4.69, 9.17) is 11.6 Å². The van der Waals surface area contributed by atoms with Gasteiger partial charge < -0.3 is 10.6 Å². The molecule has 2 aromatic rings. The Bertz CT molecular complexity index is 727. The number of para-hydroxylation sites is 1. The highest BCUT2D eigenvalue weighted by Crippen LogP contribution is 2.18. The van der Waals surface area contributed by atoms with Crippen LogP contribution in [0.1, 0.15) is 22.3 Å². The summed E-state index contributed by atoms with van der Waals surface area (Å²) >= 11 is 5.94. The molecule has 5 heteroatoms. The summed E-state index contributed by atoms with van der Waals surface area (Å²) in [5, 5.41) is 6.75. The number of aliphatic imine (C=N–C) groups is 1. The van der Waals surface area contributed by atoms with E-state index in [1.165, 1.54) is 0 Å². The molecule has 0 aliphatic carbocycles. The van der Waals surface area contributed by atoms with Gasteiger partial charge in [0.1, 0.15) is 5.84 Å². The molecule has 1 aliphatic rings. The first-order chi connectivity index (χ1) is 10.7. The van der Waals surface area contributed by atoms with Crippen molar-refractivity contribution >= 4 is 29.0 Å². The molecule has 112 valence electrons. The van der Waals surface area contributed by atoms with Gasteiger partial charge in [-0.1, -0.05) is 29.8 Å². The molecule has 4 nitrogen and oxygen atoms in total. The zero-order chi connectivity index (χ0) is 15.4. The lowest BCUT2D eigenvalue weighted by Gasteiger charge is -2.17. The average molecular weight is 314 g/mol. The Morgan fingerprint density at radius 2 is 2.05 bits per heavy atom. The summed E-state index contributed by atoms with van der Waals surface area (Å²) in [4.78, 5) is 16.9. The molecule has 0 unspecified atom stereocenters. The number of hydrogen-bond donors (Lipinski definition) is 2. The number of carbonyl (C=O) groups is 1. The fraction of sp³-hybridized carbons (Fsp3) is 0.176. The molecule has 1 amide bonds. The largest absolute Gasteiger partial charge is 0.370 e. The summed E-state index contributed by atoms with van der Waals surface area (Å²) in [6, 6.07) is 14.5. The second-order valence-electron chi connectivity index (χ2n) is 5.02. The van der Waals surface area contributed by atoms with Crippen molar-refractivity contribution in [2.45, 2.75) is 6.42 Å². The third-order valence-electron chi connectivity index (χ3n) is 3.41. The first-order valence-corrected chi connectivity index (χ1v) is 7.56. The van der Waals surface area contributed by atoms with Crippen LogP contribution in [0.15, 0.2) is 53.5 Å². The van der Waals surface area contributed by atoms with Crippen LogP contribution < -0.4 is 10.6 Å². The molecule has 1 heterocycles. The zero-order valence-corrected chi connectivity index (χ0v) is 12.7. The normalized spacial score (nSPS) is 14.0. The van der Waals surface area contributed by atoms with Crippen LogP contribution in [0.4, 0.5) is 5.69 Å². The summed E-state index contributed by atoms with van der Waals surface area (Å²) in [6.07, 6.45) is 1.03. The van der Waals surface area contributed by atoms with Gasteiger partial charge in [0.25, 0.3) is 5.91 Å². The first-order valence-electron chi connectivity index (χ1n) is 7.19. The summed E-state index contributed by atoms with van der Waals surface area (Å²) < 4.78 is 0. The molecule has 0 atom stereocenters. The van der Waals surface area contributed by atoms with Crippen LogP contribution in [0, 0.1) is 0 Å². The van der Waals surface area contributed by atoms with Crippen molar-refractivity contribution in [2.24, 2.45) is 4.99 Å². The summed E-state index contributed by atoms with van der Waals surface area (Å²) in [6.45, 7) is 1.70. The Morgan fingerprint density at radius 1 is 1.18 bits per heavy atom. The Balaban J connectivity index is 1.86. The monoisotopic (exact) mass is 313 g/mol.